The first-order chi connectivity index (χ1) is 19.3. The Morgan fingerprint density at radius 2 is 1.54 bits per heavy atom. The molecule has 41 heavy (non-hydrogen) atoms. The van der Waals surface area contributed by atoms with Gasteiger partial charge in [0.15, 0.2) is 0 Å². The Kier molecular flexibility index (Phi) is 9.21. The average molecular weight is 577 g/mol. The number of halogens is 3. The van der Waals surface area contributed by atoms with Gasteiger partial charge in [0, 0.05) is 26.2 Å². The van der Waals surface area contributed by atoms with E-state index in [-0.39, 0.29) is 44.1 Å². The molecular formula is C31H39F3N2O5. The van der Waals surface area contributed by atoms with Crippen molar-refractivity contribution < 1.29 is 37.3 Å². The van der Waals surface area contributed by atoms with Gasteiger partial charge in [0.25, 0.3) is 0 Å². The van der Waals surface area contributed by atoms with Gasteiger partial charge in [-0.1, -0.05) is 55.7 Å². The molecule has 7 nitrogen and oxygen atoms in total. The van der Waals surface area contributed by atoms with E-state index in [0.717, 1.165) is 18.1 Å². The molecule has 2 fully saturated rings. The number of piperazine rings is 1. The molecule has 1 saturated heterocycles. The first kappa shape index (κ1) is 30.7. The van der Waals surface area contributed by atoms with Crippen molar-refractivity contribution in [2.75, 3.05) is 26.2 Å². The third-order valence-electron chi connectivity index (χ3n) is 7.63. The van der Waals surface area contributed by atoms with Crippen LogP contribution >= 0.6 is 0 Å². The second-order valence-corrected chi connectivity index (χ2v) is 11.9. The highest BCUT2D eigenvalue weighted by molar-refractivity contribution is 5.86. The number of amides is 2. The van der Waals surface area contributed by atoms with Crippen molar-refractivity contribution in [2.24, 2.45) is 0 Å². The van der Waals surface area contributed by atoms with E-state index in [1.807, 2.05) is 6.07 Å². The SMILES string of the molecule is CC(C)(C)OC(=O)N1CCN(C(=O)C(c2ccc(OCc3ccccc3)c(C(F)(F)F)c2)C2(O)CCCCC2)CC1. The van der Waals surface area contributed by atoms with Crippen molar-refractivity contribution in [3.05, 3.63) is 65.2 Å². The quantitative estimate of drug-likeness (QED) is 0.447. The summed E-state index contributed by atoms with van der Waals surface area (Å²) in [5, 5.41) is 11.7. The van der Waals surface area contributed by atoms with Crippen LogP contribution in [-0.2, 0) is 22.3 Å². The summed E-state index contributed by atoms with van der Waals surface area (Å²) in [6.45, 7) is 6.10. The maximum absolute atomic E-state index is 14.3. The van der Waals surface area contributed by atoms with E-state index in [0.29, 0.717) is 25.7 Å². The molecule has 224 valence electrons. The van der Waals surface area contributed by atoms with Crippen LogP contribution in [-0.4, -0.2) is 64.3 Å². The Balaban J connectivity index is 1.60. The maximum atomic E-state index is 14.3. The predicted molar refractivity (Wildman–Crippen MR) is 147 cm³/mol. The number of hydrogen-bond acceptors (Lipinski definition) is 5. The summed E-state index contributed by atoms with van der Waals surface area (Å²) in [6, 6.07) is 12.5. The van der Waals surface area contributed by atoms with E-state index < -0.39 is 40.9 Å². The van der Waals surface area contributed by atoms with E-state index in [9.17, 15) is 27.9 Å². The highest BCUT2D eigenvalue weighted by atomic mass is 19.4. The molecule has 1 N–H and O–H groups in total. The fourth-order valence-corrected chi connectivity index (χ4v) is 5.56. The number of carbonyl (C=O) groups excluding carboxylic acids is 2. The third kappa shape index (κ3) is 7.72. The monoisotopic (exact) mass is 576 g/mol. The first-order valence-electron chi connectivity index (χ1n) is 14.1. The molecule has 2 aromatic carbocycles. The molecule has 2 aromatic rings. The molecule has 1 atom stereocenters. The van der Waals surface area contributed by atoms with Crippen LogP contribution in [0.25, 0.3) is 0 Å². The smallest absolute Gasteiger partial charge is 0.419 e. The maximum Gasteiger partial charge on any atom is 0.419 e. The molecule has 0 spiro atoms. The minimum atomic E-state index is -4.73. The van der Waals surface area contributed by atoms with Gasteiger partial charge in [-0.15, -0.1) is 0 Å². The van der Waals surface area contributed by atoms with Crippen LogP contribution < -0.4 is 4.74 Å². The number of carbonyl (C=O) groups is 2. The van der Waals surface area contributed by atoms with Gasteiger partial charge in [-0.2, -0.15) is 13.2 Å². The Labute approximate surface area is 239 Å². The average Bonchev–Trinajstić information content (AvgIpc) is 2.92. The van der Waals surface area contributed by atoms with E-state index in [2.05, 4.69) is 0 Å². The van der Waals surface area contributed by atoms with E-state index in [4.69, 9.17) is 9.47 Å². The topological polar surface area (TPSA) is 79.3 Å². The fraction of sp³-hybridized carbons (Fsp3) is 0.548. The van der Waals surface area contributed by atoms with Crippen molar-refractivity contribution >= 4 is 12.0 Å². The van der Waals surface area contributed by atoms with E-state index in [1.54, 1.807) is 45.0 Å². The number of hydrogen-bond donors (Lipinski definition) is 1. The molecule has 4 rings (SSSR count). The number of benzene rings is 2. The predicted octanol–water partition coefficient (Wildman–Crippen LogP) is 6.14. The van der Waals surface area contributed by atoms with Crippen molar-refractivity contribution in [2.45, 2.75) is 82.8 Å². The Morgan fingerprint density at radius 3 is 2.12 bits per heavy atom. The Bertz CT molecular complexity index is 1200. The van der Waals surface area contributed by atoms with Crippen LogP contribution in [0.3, 0.4) is 0 Å². The van der Waals surface area contributed by atoms with Crippen molar-refractivity contribution in [3.8, 4) is 5.75 Å². The summed E-state index contributed by atoms with van der Waals surface area (Å²) in [4.78, 5) is 29.5. The zero-order chi connectivity index (χ0) is 29.8. The summed E-state index contributed by atoms with van der Waals surface area (Å²) in [7, 11) is 0. The molecular weight excluding hydrogens is 537 g/mol. The lowest BCUT2D eigenvalue weighted by Gasteiger charge is -2.43. The number of rotatable bonds is 6. The van der Waals surface area contributed by atoms with Crippen LogP contribution in [0.2, 0.25) is 0 Å². The molecule has 1 unspecified atom stereocenters. The van der Waals surface area contributed by atoms with Gasteiger partial charge >= 0.3 is 12.3 Å². The second kappa shape index (κ2) is 12.3. The molecule has 1 aliphatic heterocycles. The minimum absolute atomic E-state index is 0.0442. The lowest BCUT2D eigenvalue weighted by atomic mass is 9.72. The largest absolute Gasteiger partial charge is 0.488 e. The Morgan fingerprint density at radius 1 is 0.927 bits per heavy atom. The highest BCUT2D eigenvalue weighted by Gasteiger charge is 2.46. The van der Waals surface area contributed by atoms with Crippen molar-refractivity contribution in [1.82, 2.24) is 9.80 Å². The van der Waals surface area contributed by atoms with Crippen LogP contribution in [0.5, 0.6) is 5.75 Å². The molecule has 0 bridgehead atoms. The molecule has 2 aliphatic rings. The minimum Gasteiger partial charge on any atom is -0.488 e. The lowest BCUT2D eigenvalue weighted by molar-refractivity contribution is -0.144. The number of alkyl halides is 3. The molecule has 1 aliphatic carbocycles. The lowest BCUT2D eigenvalue weighted by Crippen LogP contribution is -2.55. The fourth-order valence-electron chi connectivity index (χ4n) is 5.56. The van der Waals surface area contributed by atoms with Crippen LogP contribution in [0, 0.1) is 0 Å². The van der Waals surface area contributed by atoms with Crippen LogP contribution in [0.4, 0.5) is 18.0 Å². The van der Waals surface area contributed by atoms with Gasteiger partial charge < -0.3 is 24.4 Å². The highest BCUT2D eigenvalue weighted by Crippen LogP contribution is 2.44. The molecule has 2 amide bonds. The molecule has 0 radical (unpaired) electrons. The third-order valence-corrected chi connectivity index (χ3v) is 7.63. The molecule has 10 heteroatoms. The number of ether oxygens (including phenoxy) is 2. The van der Waals surface area contributed by atoms with E-state index in [1.165, 1.54) is 21.9 Å². The molecule has 1 heterocycles. The van der Waals surface area contributed by atoms with Gasteiger partial charge in [0.2, 0.25) is 5.91 Å². The molecule has 1 saturated carbocycles. The van der Waals surface area contributed by atoms with Crippen LogP contribution in [0.15, 0.2) is 48.5 Å². The first-order valence-corrected chi connectivity index (χ1v) is 14.1. The van der Waals surface area contributed by atoms with Gasteiger partial charge in [0.1, 0.15) is 18.0 Å². The van der Waals surface area contributed by atoms with Gasteiger partial charge in [0.05, 0.1) is 17.1 Å². The summed E-state index contributed by atoms with van der Waals surface area (Å²) in [6.07, 6.45) is -2.34. The molecule has 0 aromatic heterocycles. The summed E-state index contributed by atoms with van der Waals surface area (Å²) in [5.41, 5.74) is -2.30. The summed E-state index contributed by atoms with van der Waals surface area (Å²) >= 11 is 0. The summed E-state index contributed by atoms with van der Waals surface area (Å²) in [5.74, 6) is -1.96. The zero-order valence-electron chi connectivity index (χ0n) is 23.9. The van der Waals surface area contributed by atoms with Gasteiger partial charge in [-0.05, 0) is 56.9 Å². The van der Waals surface area contributed by atoms with Crippen molar-refractivity contribution in [3.63, 3.8) is 0 Å². The number of nitrogens with zero attached hydrogens (tertiary/aromatic N) is 2. The second-order valence-electron chi connectivity index (χ2n) is 11.9. The summed E-state index contributed by atoms with van der Waals surface area (Å²) < 4.78 is 53.8. The zero-order valence-corrected chi connectivity index (χ0v) is 23.9. The van der Waals surface area contributed by atoms with Crippen LogP contribution in [0.1, 0.15) is 75.5 Å². The van der Waals surface area contributed by atoms with E-state index >= 15 is 0 Å². The normalized spacial score (nSPS) is 18.5. The van der Waals surface area contributed by atoms with Crippen molar-refractivity contribution in [1.29, 1.82) is 0 Å². The van der Waals surface area contributed by atoms with Gasteiger partial charge in [-0.25, -0.2) is 4.79 Å². The number of aliphatic hydroxyl groups is 1. The van der Waals surface area contributed by atoms with Gasteiger partial charge in [-0.3, -0.25) is 4.79 Å². The standard InChI is InChI=1S/C31H39F3N2O5/c1-29(2,3)41-28(38)36-18-16-35(17-19-36)27(37)26(30(39)14-8-5-9-15-30)23-12-13-25(24(20-23)31(32,33)34)40-21-22-10-6-4-7-11-22/h4,6-7,10-13,20,26,39H,5,8-9,14-19,21H2,1-3H3. The Hall–Kier alpha value is -3.27.